The van der Waals surface area contributed by atoms with E-state index in [1.165, 1.54) is 0 Å². The lowest BCUT2D eigenvalue weighted by atomic mass is 10.0. The molecule has 0 amide bonds. The molecule has 2 aromatic carbocycles. The van der Waals surface area contributed by atoms with Gasteiger partial charge in [0.1, 0.15) is 12.4 Å². The van der Waals surface area contributed by atoms with Crippen LogP contribution in [-0.4, -0.2) is 12.4 Å². The molecule has 20 heavy (non-hydrogen) atoms. The SMILES string of the molecule is N#CCCOc1ccc(C(=O)c2ccc(Cl)cc2)cc1. The van der Waals surface area contributed by atoms with Crippen LogP contribution in [0.3, 0.4) is 0 Å². The number of halogens is 1. The van der Waals surface area contributed by atoms with Crippen molar-refractivity contribution in [3.8, 4) is 11.8 Å². The molecule has 0 aliphatic heterocycles. The summed E-state index contributed by atoms with van der Waals surface area (Å²) < 4.78 is 5.35. The van der Waals surface area contributed by atoms with Crippen molar-refractivity contribution >= 4 is 17.4 Å². The first-order chi connectivity index (χ1) is 9.70. The summed E-state index contributed by atoms with van der Waals surface area (Å²) in [5.41, 5.74) is 1.17. The minimum Gasteiger partial charge on any atom is -0.493 e. The lowest BCUT2D eigenvalue weighted by Gasteiger charge is -2.05. The molecule has 0 atom stereocenters. The topological polar surface area (TPSA) is 50.1 Å². The lowest BCUT2D eigenvalue weighted by molar-refractivity contribution is 0.103. The highest BCUT2D eigenvalue weighted by molar-refractivity contribution is 6.30. The van der Waals surface area contributed by atoms with E-state index in [0.717, 1.165) is 0 Å². The number of nitriles is 1. The fraction of sp³-hybridized carbons (Fsp3) is 0.125. The van der Waals surface area contributed by atoms with Gasteiger partial charge in [-0.15, -0.1) is 0 Å². The molecule has 3 nitrogen and oxygen atoms in total. The van der Waals surface area contributed by atoms with Gasteiger partial charge >= 0.3 is 0 Å². The quantitative estimate of drug-likeness (QED) is 0.619. The van der Waals surface area contributed by atoms with Gasteiger partial charge < -0.3 is 4.74 Å². The number of nitrogens with zero attached hydrogens (tertiary/aromatic N) is 1. The number of hydrogen-bond donors (Lipinski definition) is 0. The second-order valence-corrected chi connectivity index (χ2v) is 4.55. The maximum Gasteiger partial charge on any atom is 0.193 e. The number of benzene rings is 2. The van der Waals surface area contributed by atoms with Crippen LogP contribution < -0.4 is 4.74 Å². The van der Waals surface area contributed by atoms with E-state index in [0.29, 0.717) is 34.9 Å². The minimum atomic E-state index is -0.0646. The molecule has 0 N–H and O–H groups in total. The molecule has 0 radical (unpaired) electrons. The molecule has 0 bridgehead atoms. The van der Waals surface area contributed by atoms with Crippen molar-refractivity contribution in [1.29, 1.82) is 5.26 Å². The van der Waals surface area contributed by atoms with Gasteiger partial charge in [-0.05, 0) is 48.5 Å². The van der Waals surface area contributed by atoms with E-state index in [9.17, 15) is 4.79 Å². The largest absolute Gasteiger partial charge is 0.493 e. The monoisotopic (exact) mass is 285 g/mol. The van der Waals surface area contributed by atoms with E-state index in [1.54, 1.807) is 48.5 Å². The predicted octanol–water partition coefficient (Wildman–Crippen LogP) is 3.86. The smallest absolute Gasteiger partial charge is 0.193 e. The van der Waals surface area contributed by atoms with Crippen molar-refractivity contribution in [2.24, 2.45) is 0 Å². The Balaban J connectivity index is 2.07. The zero-order valence-electron chi connectivity index (χ0n) is 10.7. The molecule has 2 aromatic rings. The maximum absolute atomic E-state index is 12.2. The summed E-state index contributed by atoms with van der Waals surface area (Å²) in [6, 6.07) is 15.6. The highest BCUT2D eigenvalue weighted by Gasteiger charge is 2.08. The molecule has 0 aliphatic carbocycles. The van der Waals surface area contributed by atoms with Gasteiger partial charge in [-0.2, -0.15) is 5.26 Å². The summed E-state index contributed by atoms with van der Waals surface area (Å²) in [5.74, 6) is 0.582. The number of carbonyl (C=O) groups excluding carboxylic acids is 1. The second kappa shape index (κ2) is 6.74. The Morgan fingerprint density at radius 3 is 2.15 bits per heavy atom. The summed E-state index contributed by atoms with van der Waals surface area (Å²) in [5, 5.41) is 9.02. The molecule has 0 heterocycles. The van der Waals surface area contributed by atoms with Crippen molar-refractivity contribution in [2.45, 2.75) is 6.42 Å². The zero-order chi connectivity index (χ0) is 14.4. The molecule has 100 valence electrons. The van der Waals surface area contributed by atoms with Crippen LogP contribution >= 0.6 is 11.6 Å². The van der Waals surface area contributed by atoms with Crippen LogP contribution in [0.1, 0.15) is 22.3 Å². The van der Waals surface area contributed by atoms with Crippen molar-refractivity contribution in [1.82, 2.24) is 0 Å². The van der Waals surface area contributed by atoms with Gasteiger partial charge in [0.25, 0.3) is 0 Å². The van der Waals surface area contributed by atoms with E-state index in [1.807, 2.05) is 6.07 Å². The summed E-state index contributed by atoms with van der Waals surface area (Å²) in [6.45, 7) is 0.348. The van der Waals surface area contributed by atoms with E-state index in [2.05, 4.69) is 0 Å². The third-order valence-electron chi connectivity index (χ3n) is 2.71. The average molecular weight is 286 g/mol. The number of ketones is 1. The lowest BCUT2D eigenvalue weighted by Crippen LogP contribution is -2.01. The third kappa shape index (κ3) is 3.59. The van der Waals surface area contributed by atoms with Gasteiger partial charge in [-0.3, -0.25) is 4.79 Å². The molecule has 2 rings (SSSR count). The molecule has 4 heteroatoms. The van der Waals surface area contributed by atoms with Gasteiger partial charge in [0.2, 0.25) is 0 Å². The molecule has 0 aliphatic rings. The summed E-state index contributed by atoms with van der Waals surface area (Å²) in [6.07, 6.45) is 0.339. The molecular formula is C16H12ClNO2. The van der Waals surface area contributed by atoms with E-state index < -0.39 is 0 Å². The Kier molecular flexibility index (Phi) is 4.75. The molecule has 0 saturated heterocycles. The number of hydrogen-bond acceptors (Lipinski definition) is 3. The summed E-state index contributed by atoms with van der Waals surface area (Å²) in [4.78, 5) is 12.2. The van der Waals surface area contributed by atoms with E-state index in [4.69, 9.17) is 21.6 Å². The number of rotatable bonds is 5. The molecule has 0 fully saturated rings. The Morgan fingerprint density at radius 2 is 1.60 bits per heavy atom. The molecule has 0 unspecified atom stereocenters. The van der Waals surface area contributed by atoms with Gasteiger partial charge in [-0.25, -0.2) is 0 Å². The molecule has 0 aromatic heterocycles. The Hall–Kier alpha value is -2.31. The minimum absolute atomic E-state index is 0.0646. The van der Waals surface area contributed by atoms with Crippen molar-refractivity contribution in [3.63, 3.8) is 0 Å². The van der Waals surface area contributed by atoms with E-state index >= 15 is 0 Å². The number of carbonyl (C=O) groups is 1. The van der Waals surface area contributed by atoms with Crippen LogP contribution in [0.15, 0.2) is 48.5 Å². The Morgan fingerprint density at radius 1 is 1.05 bits per heavy atom. The van der Waals surface area contributed by atoms with Crippen LogP contribution in [0.5, 0.6) is 5.75 Å². The third-order valence-corrected chi connectivity index (χ3v) is 2.96. The Bertz CT molecular complexity index is 627. The normalized spacial score (nSPS) is 9.80. The molecule has 0 spiro atoms. The van der Waals surface area contributed by atoms with Gasteiger partial charge in [0.05, 0.1) is 12.5 Å². The summed E-state index contributed by atoms with van der Waals surface area (Å²) in [7, 11) is 0. The van der Waals surface area contributed by atoms with Crippen LogP contribution in [0.25, 0.3) is 0 Å². The van der Waals surface area contributed by atoms with E-state index in [-0.39, 0.29) is 5.78 Å². The molecular weight excluding hydrogens is 274 g/mol. The standard InChI is InChI=1S/C16H12ClNO2/c17-14-6-2-12(3-7-14)16(19)13-4-8-15(9-5-13)20-11-1-10-18/h2-9H,1,11H2. The first kappa shape index (κ1) is 14.1. The fourth-order valence-electron chi connectivity index (χ4n) is 1.68. The maximum atomic E-state index is 12.2. The van der Waals surface area contributed by atoms with Crippen LogP contribution in [0, 0.1) is 11.3 Å². The Labute approximate surface area is 122 Å². The fourth-order valence-corrected chi connectivity index (χ4v) is 1.81. The first-order valence-electron chi connectivity index (χ1n) is 6.11. The van der Waals surface area contributed by atoms with Crippen LogP contribution in [-0.2, 0) is 0 Å². The first-order valence-corrected chi connectivity index (χ1v) is 6.48. The van der Waals surface area contributed by atoms with Crippen LogP contribution in [0.4, 0.5) is 0 Å². The van der Waals surface area contributed by atoms with Gasteiger partial charge in [-0.1, -0.05) is 11.6 Å². The van der Waals surface area contributed by atoms with Crippen molar-refractivity contribution in [2.75, 3.05) is 6.61 Å². The average Bonchev–Trinajstić information content (AvgIpc) is 2.48. The van der Waals surface area contributed by atoms with Crippen LogP contribution in [0.2, 0.25) is 5.02 Å². The summed E-state index contributed by atoms with van der Waals surface area (Å²) >= 11 is 5.79. The zero-order valence-corrected chi connectivity index (χ0v) is 11.4. The molecule has 0 saturated carbocycles. The second-order valence-electron chi connectivity index (χ2n) is 4.12. The van der Waals surface area contributed by atoms with Crippen molar-refractivity contribution in [3.05, 3.63) is 64.7 Å². The predicted molar refractivity (Wildman–Crippen MR) is 77.1 cm³/mol. The van der Waals surface area contributed by atoms with Gasteiger partial charge in [0.15, 0.2) is 5.78 Å². The highest BCUT2D eigenvalue weighted by Crippen LogP contribution is 2.17. The highest BCUT2D eigenvalue weighted by atomic mass is 35.5. The van der Waals surface area contributed by atoms with Gasteiger partial charge in [0, 0.05) is 16.1 Å². The number of ether oxygens (including phenoxy) is 1. The van der Waals surface area contributed by atoms with Crippen molar-refractivity contribution < 1.29 is 9.53 Å².